The number of halogens is 2. The minimum atomic E-state index is -0.326. The molecule has 17 aromatic carbocycles. The van der Waals surface area contributed by atoms with Crippen LogP contribution in [0.25, 0.3) is 94.3 Å². The van der Waals surface area contributed by atoms with Gasteiger partial charge in [-0.15, -0.1) is 0 Å². The second-order valence-corrected chi connectivity index (χ2v) is 30.5. The minimum absolute atomic E-state index is 0. The third-order valence-corrected chi connectivity index (χ3v) is 24.1. The average Bonchev–Trinajstić information content (AvgIpc) is 1.58. The van der Waals surface area contributed by atoms with Gasteiger partial charge in [-0.1, -0.05) is 285 Å². The molecule has 0 amide bonds. The number of nitrogens with one attached hydrogen (secondary N) is 1. The molecule has 1 heterocycles. The van der Waals surface area contributed by atoms with Crippen molar-refractivity contribution in [1.82, 2.24) is 4.57 Å². The van der Waals surface area contributed by atoms with Gasteiger partial charge in [-0.3, -0.25) is 0 Å². The van der Waals surface area contributed by atoms with Crippen molar-refractivity contribution in [3.63, 3.8) is 0 Å². The first-order valence-corrected chi connectivity index (χ1v) is 39.0. The summed E-state index contributed by atoms with van der Waals surface area (Å²) < 4.78 is 29.4. The molecule has 549 valence electrons. The number of aromatic nitrogens is 1. The molecule has 4 nitrogen and oxygen atoms in total. The van der Waals surface area contributed by atoms with E-state index in [1.54, 1.807) is 12.1 Å². The Kier molecular flexibility index (Phi) is 18.8. The highest BCUT2D eigenvalue weighted by Crippen LogP contribution is 2.56. The van der Waals surface area contributed by atoms with Crippen LogP contribution in [0.4, 0.5) is 42.9 Å². The molecule has 0 spiro atoms. The average molecular weight is 1480 g/mol. The largest absolute Gasteiger partial charge is 0.399 e. The topological polar surface area (TPSA) is 46.2 Å². The van der Waals surface area contributed by atoms with Gasteiger partial charge < -0.3 is 20.5 Å². The van der Waals surface area contributed by atoms with Gasteiger partial charge in [0.25, 0.3) is 0 Å². The SMILES string of the molecule is CC1(c2cccc(N(c3ccc(-c4ccc(F)cc4)cc3)c3ccc(-c4ccc5c(c4)c4ccccc4n5-c4ccccc4)cc3)c2)c2ccccc2-c2ccccc21.CC1(c2cccc(N)c2)c2ccccc2-c2ccccc21.CC1(c2cccc(Nc3ccc(-c4ccc(F)cc4)cc3)c2)c2ccccc2-c2ccccc21.[B]. The summed E-state index contributed by atoms with van der Waals surface area (Å²) in [5, 5.41) is 6.03. The molecule has 0 unspecified atom stereocenters. The molecule has 3 radical (unpaired) electrons. The van der Waals surface area contributed by atoms with E-state index in [2.05, 4.69) is 387 Å². The van der Waals surface area contributed by atoms with Crippen LogP contribution in [0.3, 0.4) is 0 Å². The molecule has 3 aliphatic rings. The Balaban J connectivity index is 0.000000137. The van der Waals surface area contributed by atoms with Crippen molar-refractivity contribution in [3.05, 3.63) is 474 Å². The second kappa shape index (κ2) is 29.8. The maximum atomic E-state index is 13.8. The summed E-state index contributed by atoms with van der Waals surface area (Å²) >= 11 is 0. The van der Waals surface area contributed by atoms with Gasteiger partial charge in [-0.2, -0.15) is 0 Å². The third-order valence-electron chi connectivity index (χ3n) is 24.1. The Morgan fingerprint density at radius 3 is 1.07 bits per heavy atom. The monoisotopic (exact) mass is 1480 g/mol. The molecular formula is C108H80BF2N4. The van der Waals surface area contributed by atoms with Crippen LogP contribution < -0.4 is 16.0 Å². The van der Waals surface area contributed by atoms with Crippen molar-refractivity contribution in [2.75, 3.05) is 16.0 Å². The van der Waals surface area contributed by atoms with Crippen LogP contribution in [0, 0.1) is 11.6 Å². The standard InChI is InChI=1S/C56H39FN2.C32H24FN.C20H17N.B/c1-56(52-19-8-5-16-48(52)49-17-6-9-20-53(49)56)42-12-11-15-47(37-42)58(45-31-24-39(25-32-45)38-22-29-43(57)30-23-38)46-33-26-40(27-34-46)41-28-35-55-51(36-41)50-18-7-10-21-54(50)59(55)44-13-3-2-4-14-44;1-32(30-11-4-2-9-28(30)29-10-3-5-12-31(29)32)24-7-6-8-27(21-24)34-26-19-15-23(16-20-26)22-13-17-25(33)18-14-22;1-20(14-7-6-8-15(21)13-14)18-11-4-2-9-16(18)17-10-3-5-12-19(17)20;/h2-37H,1H3;2-21,34H,1H3;2-13H,21H2,1H3;. The lowest BCUT2D eigenvalue weighted by Crippen LogP contribution is -2.23. The fourth-order valence-corrected chi connectivity index (χ4v) is 18.3. The van der Waals surface area contributed by atoms with Gasteiger partial charge in [0, 0.05) is 75.2 Å². The van der Waals surface area contributed by atoms with Crippen LogP contribution in [0.15, 0.2) is 413 Å². The Labute approximate surface area is 673 Å². The summed E-state index contributed by atoms with van der Waals surface area (Å²) in [4.78, 5) is 2.34. The molecule has 3 N–H and O–H groups in total. The van der Waals surface area contributed by atoms with Crippen molar-refractivity contribution in [2.45, 2.75) is 37.0 Å². The number of anilines is 6. The molecule has 3 aliphatic carbocycles. The maximum absolute atomic E-state index is 13.8. The van der Waals surface area contributed by atoms with E-state index < -0.39 is 0 Å². The number of para-hydroxylation sites is 2. The number of nitrogens with two attached hydrogens (primary N) is 1. The second-order valence-electron chi connectivity index (χ2n) is 30.5. The smallest absolute Gasteiger partial charge is 0.123 e. The first-order chi connectivity index (χ1) is 55.9. The zero-order valence-electron chi connectivity index (χ0n) is 64.1. The highest BCUT2D eigenvalue weighted by atomic mass is 19.1. The molecule has 0 aliphatic heterocycles. The van der Waals surface area contributed by atoms with Crippen molar-refractivity contribution < 1.29 is 8.78 Å². The number of benzene rings is 17. The van der Waals surface area contributed by atoms with E-state index in [0.29, 0.717) is 0 Å². The fraction of sp³-hybridized carbons (Fsp3) is 0.0556. The molecule has 0 saturated heterocycles. The lowest BCUT2D eigenvalue weighted by Gasteiger charge is -2.31. The zero-order valence-corrected chi connectivity index (χ0v) is 64.1. The summed E-state index contributed by atoms with van der Waals surface area (Å²) in [6.45, 7) is 6.99. The van der Waals surface area contributed by atoms with Gasteiger partial charge in [-0.05, 0) is 265 Å². The number of hydrogen-bond donors (Lipinski definition) is 2. The van der Waals surface area contributed by atoms with E-state index in [-0.39, 0.29) is 36.3 Å². The van der Waals surface area contributed by atoms with E-state index in [1.807, 2.05) is 24.3 Å². The first-order valence-electron chi connectivity index (χ1n) is 39.0. The molecule has 21 rings (SSSR count). The Bertz CT molecular complexity index is 6510. The van der Waals surface area contributed by atoms with Crippen LogP contribution in [0.5, 0.6) is 0 Å². The van der Waals surface area contributed by atoms with E-state index in [1.165, 1.54) is 135 Å². The van der Waals surface area contributed by atoms with Gasteiger partial charge in [0.15, 0.2) is 0 Å². The van der Waals surface area contributed by atoms with Crippen molar-refractivity contribution >= 4 is 64.3 Å². The Morgan fingerprint density at radius 2 is 0.617 bits per heavy atom. The normalized spacial score (nSPS) is 13.1. The number of hydrogen-bond acceptors (Lipinski definition) is 3. The highest BCUT2D eigenvalue weighted by Gasteiger charge is 2.43. The van der Waals surface area contributed by atoms with E-state index in [9.17, 15) is 8.78 Å². The summed E-state index contributed by atoms with van der Waals surface area (Å²) in [5.74, 6) is -0.455. The van der Waals surface area contributed by atoms with Gasteiger partial charge in [0.05, 0.1) is 11.0 Å². The van der Waals surface area contributed by atoms with Crippen LogP contribution in [-0.2, 0) is 16.2 Å². The van der Waals surface area contributed by atoms with Crippen molar-refractivity contribution in [2.24, 2.45) is 0 Å². The van der Waals surface area contributed by atoms with Gasteiger partial charge >= 0.3 is 0 Å². The van der Waals surface area contributed by atoms with Crippen LogP contribution in [0.1, 0.15) is 70.8 Å². The zero-order chi connectivity index (χ0) is 77.1. The number of nitrogen functional groups attached to an aromatic ring is 1. The van der Waals surface area contributed by atoms with E-state index in [4.69, 9.17) is 5.73 Å². The lowest BCUT2D eigenvalue weighted by molar-refractivity contribution is 0.627. The summed E-state index contributed by atoms with van der Waals surface area (Å²) in [7, 11) is 0. The van der Waals surface area contributed by atoms with E-state index in [0.717, 1.165) is 67.6 Å². The van der Waals surface area contributed by atoms with Gasteiger partial charge in [0.2, 0.25) is 0 Å². The molecule has 115 heavy (non-hydrogen) atoms. The van der Waals surface area contributed by atoms with Crippen molar-refractivity contribution in [3.8, 4) is 72.4 Å². The lowest BCUT2D eigenvalue weighted by atomic mass is 9.74. The summed E-state index contributed by atoms with van der Waals surface area (Å²) in [5.41, 5.74) is 41.0. The van der Waals surface area contributed by atoms with Crippen LogP contribution >= 0.6 is 0 Å². The summed E-state index contributed by atoms with van der Waals surface area (Å²) in [6, 6.07) is 144. The van der Waals surface area contributed by atoms with E-state index >= 15 is 0 Å². The van der Waals surface area contributed by atoms with Gasteiger partial charge in [0.1, 0.15) is 11.6 Å². The number of nitrogens with zero attached hydrogens (tertiary/aromatic N) is 2. The summed E-state index contributed by atoms with van der Waals surface area (Å²) in [6.07, 6.45) is 0. The molecular weight excluding hydrogens is 1400 g/mol. The molecule has 18 aromatic rings. The van der Waals surface area contributed by atoms with Gasteiger partial charge in [-0.25, -0.2) is 8.78 Å². The predicted molar refractivity (Wildman–Crippen MR) is 477 cm³/mol. The fourth-order valence-electron chi connectivity index (χ4n) is 18.3. The molecule has 0 atom stereocenters. The number of fused-ring (bicyclic) bond motifs is 12. The Morgan fingerprint density at radius 1 is 0.270 bits per heavy atom. The van der Waals surface area contributed by atoms with Crippen LogP contribution in [0.2, 0.25) is 0 Å². The third kappa shape index (κ3) is 12.8. The first kappa shape index (κ1) is 72.4. The highest BCUT2D eigenvalue weighted by molar-refractivity contribution is 6.10. The Hall–Kier alpha value is -14.1. The van der Waals surface area contributed by atoms with Crippen LogP contribution in [-0.4, -0.2) is 13.0 Å². The molecule has 1 aromatic heterocycles. The number of rotatable bonds is 12. The molecule has 0 bridgehead atoms. The predicted octanol–water partition coefficient (Wildman–Crippen LogP) is 27.9. The maximum Gasteiger partial charge on any atom is 0.123 e. The minimum Gasteiger partial charge on any atom is -0.399 e. The molecule has 7 heteroatoms. The van der Waals surface area contributed by atoms with Crippen molar-refractivity contribution in [1.29, 1.82) is 0 Å². The quantitative estimate of drug-likeness (QED) is 0.0947. The molecule has 0 saturated carbocycles. The molecule has 0 fully saturated rings.